The van der Waals surface area contributed by atoms with Crippen LogP contribution in [-0.2, 0) is 9.53 Å². The molecule has 0 amide bonds. The Bertz CT molecular complexity index is 302. The third kappa shape index (κ3) is 15.8. The van der Waals surface area contributed by atoms with Gasteiger partial charge in [-0.3, -0.25) is 4.79 Å². The SMILES string of the molecule is CCCCCCCCCCCCCCCCC(C)(C)C(=O)OCC[S]. The molecule has 0 aromatic heterocycles. The van der Waals surface area contributed by atoms with Crippen LogP contribution in [0.25, 0.3) is 0 Å². The predicted molar refractivity (Wildman–Crippen MR) is 112 cm³/mol. The summed E-state index contributed by atoms with van der Waals surface area (Å²) in [6, 6.07) is 0. The van der Waals surface area contributed by atoms with Crippen LogP contribution < -0.4 is 0 Å². The second kappa shape index (κ2) is 17.2. The molecular weight excluding hydrogens is 328 g/mol. The number of hydrogen-bond donors (Lipinski definition) is 0. The molecule has 0 aromatic rings. The van der Waals surface area contributed by atoms with Gasteiger partial charge in [-0.2, -0.15) is 0 Å². The fourth-order valence-corrected chi connectivity index (χ4v) is 3.28. The zero-order valence-electron chi connectivity index (χ0n) is 17.2. The van der Waals surface area contributed by atoms with Gasteiger partial charge >= 0.3 is 5.97 Å². The maximum absolute atomic E-state index is 11.9. The highest BCUT2D eigenvalue weighted by Gasteiger charge is 2.28. The summed E-state index contributed by atoms with van der Waals surface area (Å²) in [5, 5.41) is 0. The van der Waals surface area contributed by atoms with Crippen molar-refractivity contribution < 1.29 is 9.53 Å². The molecule has 0 fully saturated rings. The van der Waals surface area contributed by atoms with Crippen LogP contribution in [-0.4, -0.2) is 18.3 Å². The first-order valence-electron chi connectivity index (χ1n) is 10.8. The Balaban J connectivity index is 3.34. The van der Waals surface area contributed by atoms with Gasteiger partial charge in [-0.25, -0.2) is 0 Å². The molecule has 0 aliphatic heterocycles. The quantitative estimate of drug-likeness (QED) is 0.183. The van der Waals surface area contributed by atoms with E-state index in [1.54, 1.807) is 0 Å². The largest absolute Gasteiger partial charge is 0.464 e. The van der Waals surface area contributed by atoms with Gasteiger partial charge in [-0.1, -0.05) is 109 Å². The molecule has 2 nitrogen and oxygen atoms in total. The van der Waals surface area contributed by atoms with Crippen molar-refractivity contribution in [2.45, 2.75) is 117 Å². The van der Waals surface area contributed by atoms with E-state index in [-0.39, 0.29) is 11.4 Å². The fourth-order valence-electron chi connectivity index (χ4n) is 3.19. The first-order valence-corrected chi connectivity index (χ1v) is 11.4. The maximum atomic E-state index is 11.9. The van der Waals surface area contributed by atoms with E-state index in [4.69, 9.17) is 17.4 Å². The Hall–Kier alpha value is -0.180. The second-order valence-electron chi connectivity index (χ2n) is 8.07. The molecule has 0 unspecified atom stereocenters. The van der Waals surface area contributed by atoms with E-state index in [1.165, 1.54) is 83.5 Å². The van der Waals surface area contributed by atoms with Crippen LogP contribution in [0.5, 0.6) is 0 Å². The zero-order chi connectivity index (χ0) is 18.8. The summed E-state index contributed by atoms with van der Waals surface area (Å²) < 4.78 is 5.18. The lowest BCUT2D eigenvalue weighted by Gasteiger charge is -2.22. The van der Waals surface area contributed by atoms with Crippen molar-refractivity contribution in [2.75, 3.05) is 12.4 Å². The number of hydrogen-bond acceptors (Lipinski definition) is 2. The number of unbranched alkanes of at least 4 members (excludes halogenated alkanes) is 13. The van der Waals surface area contributed by atoms with Gasteiger partial charge in [-0.05, 0) is 20.3 Å². The fraction of sp³-hybridized carbons (Fsp3) is 0.955. The number of rotatable bonds is 18. The summed E-state index contributed by atoms with van der Waals surface area (Å²) >= 11 is 4.82. The molecule has 149 valence electrons. The third-order valence-electron chi connectivity index (χ3n) is 5.02. The Morgan fingerprint density at radius 1 is 0.760 bits per heavy atom. The molecule has 25 heavy (non-hydrogen) atoms. The molecule has 0 aromatic carbocycles. The predicted octanol–water partition coefficient (Wildman–Crippen LogP) is 7.62. The van der Waals surface area contributed by atoms with Gasteiger partial charge in [-0.15, -0.1) is 0 Å². The van der Waals surface area contributed by atoms with E-state index in [2.05, 4.69) is 6.92 Å². The lowest BCUT2D eigenvalue weighted by molar-refractivity contribution is -0.153. The number of carbonyl (C=O) groups is 1. The first kappa shape index (κ1) is 24.8. The lowest BCUT2D eigenvalue weighted by Crippen LogP contribution is -2.27. The van der Waals surface area contributed by atoms with Gasteiger partial charge in [0.1, 0.15) is 6.61 Å². The van der Waals surface area contributed by atoms with Crippen molar-refractivity contribution in [3.05, 3.63) is 0 Å². The molecule has 0 N–H and O–H groups in total. The first-order chi connectivity index (χ1) is 12.0. The zero-order valence-corrected chi connectivity index (χ0v) is 18.1. The average Bonchev–Trinajstić information content (AvgIpc) is 2.59. The minimum Gasteiger partial charge on any atom is -0.464 e. The van der Waals surface area contributed by atoms with E-state index in [9.17, 15) is 4.79 Å². The molecule has 0 heterocycles. The molecule has 3 heteroatoms. The standard InChI is InChI=1S/C22H43O2S/c1-4-5-6-7-8-9-10-11-12-13-14-15-16-17-18-22(2,3)21(23)24-19-20-25/h4-20H2,1-3H3. The van der Waals surface area contributed by atoms with Crippen molar-refractivity contribution in [2.24, 2.45) is 5.41 Å². The van der Waals surface area contributed by atoms with Crippen LogP contribution >= 0.6 is 12.6 Å². The van der Waals surface area contributed by atoms with Crippen molar-refractivity contribution in [3.63, 3.8) is 0 Å². The second-order valence-corrected chi connectivity index (χ2v) is 8.48. The molecule has 0 saturated carbocycles. The summed E-state index contributed by atoms with van der Waals surface area (Å²) in [5.74, 6) is 0.396. The van der Waals surface area contributed by atoms with Crippen LogP contribution in [0.15, 0.2) is 0 Å². The average molecular weight is 372 g/mol. The summed E-state index contributed by atoms with van der Waals surface area (Å²) in [6.07, 6.45) is 20.0. The highest BCUT2D eigenvalue weighted by Crippen LogP contribution is 2.26. The number of carbonyl (C=O) groups excluding carboxylic acids is 1. The Morgan fingerprint density at radius 2 is 1.16 bits per heavy atom. The molecule has 0 bridgehead atoms. The van der Waals surface area contributed by atoms with E-state index in [0.29, 0.717) is 12.4 Å². The van der Waals surface area contributed by atoms with E-state index in [1.807, 2.05) is 13.8 Å². The Kier molecular flexibility index (Phi) is 17.1. The van der Waals surface area contributed by atoms with Gasteiger partial charge < -0.3 is 4.74 Å². The normalized spacial score (nSPS) is 11.7. The maximum Gasteiger partial charge on any atom is 0.311 e. The topological polar surface area (TPSA) is 26.3 Å². The van der Waals surface area contributed by atoms with E-state index >= 15 is 0 Å². The van der Waals surface area contributed by atoms with Crippen molar-refractivity contribution in [1.82, 2.24) is 0 Å². The summed E-state index contributed by atoms with van der Waals surface area (Å²) in [6.45, 7) is 6.62. The van der Waals surface area contributed by atoms with Crippen LogP contribution in [0.2, 0.25) is 0 Å². The van der Waals surface area contributed by atoms with E-state index < -0.39 is 0 Å². The third-order valence-corrected chi connectivity index (χ3v) is 5.19. The van der Waals surface area contributed by atoms with Gasteiger partial charge in [0, 0.05) is 5.75 Å². The molecule has 0 saturated heterocycles. The van der Waals surface area contributed by atoms with Crippen LogP contribution in [0.1, 0.15) is 117 Å². The number of esters is 1. The van der Waals surface area contributed by atoms with Crippen LogP contribution in [0, 0.1) is 5.41 Å². The molecule has 0 aliphatic carbocycles. The lowest BCUT2D eigenvalue weighted by atomic mass is 9.87. The van der Waals surface area contributed by atoms with Gasteiger partial charge in [0.2, 0.25) is 0 Å². The summed E-state index contributed by atoms with van der Waals surface area (Å²) in [7, 11) is 0. The van der Waals surface area contributed by atoms with Crippen molar-refractivity contribution in [3.8, 4) is 0 Å². The van der Waals surface area contributed by atoms with Crippen molar-refractivity contribution in [1.29, 1.82) is 0 Å². The van der Waals surface area contributed by atoms with Crippen molar-refractivity contribution >= 4 is 18.6 Å². The molecule has 0 spiro atoms. The molecule has 1 radical (unpaired) electrons. The minimum atomic E-state index is -0.359. The minimum absolute atomic E-state index is 0.0907. The van der Waals surface area contributed by atoms with Gasteiger partial charge in [0.05, 0.1) is 5.41 Å². The molecule has 0 atom stereocenters. The van der Waals surface area contributed by atoms with Crippen LogP contribution in [0.4, 0.5) is 0 Å². The Morgan fingerprint density at radius 3 is 1.56 bits per heavy atom. The van der Waals surface area contributed by atoms with Gasteiger partial charge in [0.25, 0.3) is 0 Å². The monoisotopic (exact) mass is 371 g/mol. The molecular formula is C22H43O2S. The van der Waals surface area contributed by atoms with Gasteiger partial charge in [0.15, 0.2) is 0 Å². The number of ether oxygens (including phenoxy) is 1. The smallest absolute Gasteiger partial charge is 0.311 e. The Labute approximate surface area is 163 Å². The molecule has 0 aliphatic rings. The highest BCUT2D eigenvalue weighted by molar-refractivity contribution is 7.80. The highest BCUT2D eigenvalue weighted by atomic mass is 32.1. The van der Waals surface area contributed by atoms with Crippen LogP contribution in [0.3, 0.4) is 0 Å². The summed E-state index contributed by atoms with van der Waals surface area (Å²) in [5.41, 5.74) is -0.359. The summed E-state index contributed by atoms with van der Waals surface area (Å²) in [4.78, 5) is 11.9. The van der Waals surface area contributed by atoms with E-state index in [0.717, 1.165) is 12.8 Å². The molecule has 0 rings (SSSR count).